The molecular weight excluding hydrogens is 256 g/mol. The second-order valence-corrected chi connectivity index (χ2v) is 5.58. The Balaban J connectivity index is 0.00000162. The molecule has 0 spiro atoms. The van der Waals surface area contributed by atoms with Crippen LogP contribution in [0.1, 0.15) is 19.4 Å². The predicted octanol–water partition coefficient (Wildman–Crippen LogP) is 1.44. The molecule has 0 saturated carbocycles. The maximum atomic E-state index is 11.8. The number of ether oxygens (including phenoxy) is 1. The van der Waals surface area contributed by atoms with Gasteiger partial charge in [0, 0.05) is 6.42 Å². The highest BCUT2D eigenvalue weighted by atomic mass is 32.2. The molecule has 2 rings (SSSR count). The highest BCUT2D eigenvalue weighted by molar-refractivity contribution is 7.86. The number of aryl methyl sites for hydroxylation is 1. The van der Waals surface area contributed by atoms with Gasteiger partial charge in [-0.2, -0.15) is 8.42 Å². The minimum Gasteiger partial charge on any atom is -0.368 e. The molecule has 1 aromatic rings. The van der Waals surface area contributed by atoms with Crippen molar-refractivity contribution >= 4 is 10.1 Å². The van der Waals surface area contributed by atoms with Crippen molar-refractivity contribution in [3.63, 3.8) is 0 Å². The molecule has 0 radical (unpaired) electrons. The first-order chi connectivity index (χ1) is 7.97. The standard InChI is InChI=1S/C11H14O5S.CH4/c1-8-2-4-10(5-3-8)17(13,14)16-9-6-11(12)15-7-9;/h2-5,9,11-12H,6-7H2,1H3;1H4. The van der Waals surface area contributed by atoms with Crippen molar-refractivity contribution in [1.82, 2.24) is 0 Å². The minimum atomic E-state index is -3.77. The summed E-state index contributed by atoms with van der Waals surface area (Å²) in [5.41, 5.74) is 0.976. The van der Waals surface area contributed by atoms with Crippen molar-refractivity contribution < 1.29 is 22.4 Å². The first kappa shape index (κ1) is 15.1. The average molecular weight is 274 g/mol. The Kier molecular flexibility index (Phi) is 4.86. The molecule has 102 valence electrons. The molecule has 1 fully saturated rings. The highest BCUT2D eigenvalue weighted by Crippen LogP contribution is 2.20. The molecule has 0 aromatic heterocycles. The largest absolute Gasteiger partial charge is 0.368 e. The van der Waals surface area contributed by atoms with Crippen molar-refractivity contribution in [3.8, 4) is 0 Å². The summed E-state index contributed by atoms with van der Waals surface area (Å²) >= 11 is 0. The van der Waals surface area contributed by atoms with Crippen molar-refractivity contribution in [3.05, 3.63) is 29.8 Å². The Bertz CT molecular complexity index is 480. The third kappa shape index (κ3) is 3.52. The van der Waals surface area contributed by atoms with E-state index in [1.54, 1.807) is 12.1 Å². The molecule has 2 unspecified atom stereocenters. The fraction of sp³-hybridized carbons (Fsp3) is 0.500. The molecule has 0 aliphatic carbocycles. The van der Waals surface area contributed by atoms with Crippen molar-refractivity contribution in [2.75, 3.05) is 6.61 Å². The summed E-state index contributed by atoms with van der Waals surface area (Å²) in [6.45, 7) is 1.96. The van der Waals surface area contributed by atoms with Gasteiger partial charge in [-0.25, -0.2) is 0 Å². The fourth-order valence-electron chi connectivity index (χ4n) is 1.59. The lowest BCUT2D eigenvalue weighted by Crippen LogP contribution is -2.19. The van der Waals surface area contributed by atoms with Gasteiger partial charge in [-0.3, -0.25) is 4.18 Å². The third-order valence-electron chi connectivity index (χ3n) is 2.51. The van der Waals surface area contributed by atoms with E-state index in [1.807, 2.05) is 6.92 Å². The number of aliphatic hydroxyl groups is 1. The number of hydrogen-bond acceptors (Lipinski definition) is 5. The van der Waals surface area contributed by atoms with E-state index in [-0.39, 0.29) is 25.3 Å². The molecule has 1 aliphatic heterocycles. The van der Waals surface area contributed by atoms with E-state index in [4.69, 9.17) is 14.0 Å². The quantitative estimate of drug-likeness (QED) is 0.844. The smallest absolute Gasteiger partial charge is 0.297 e. The van der Waals surface area contributed by atoms with Gasteiger partial charge in [0.1, 0.15) is 6.10 Å². The van der Waals surface area contributed by atoms with E-state index >= 15 is 0 Å². The molecule has 1 saturated heterocycles. The topological polar surface area (TPSA) is 72.8 Å². The Morgan fingerprint density at radius 2 is 1.94 bits per heavy atom. The Morgan fingerprint density at radius 3 is 2.44 bits per heavy atom. The minimum absolute atomic E-state index is 0. The summed E-state index contributed by atoms with van der Waals surface area (Å²) in [5.74, 6) is 0. The van der Waals surface area contributed by atoms with Crippen molar-refractivity contribution in [2.45, 2.75) is 38.1 Å². The Hall–Kier alpha value is -0.950. The summed E-state index contributed by atoms with van der Waals surface area (Å²) in [4.78, 5) is 0.115. The number of rotatable bonds is 3. The molecule has 0 bridgehead atoms. The van der Waals surface area contributed by atoms with Crippen molar-refractivity contribution in [1.29, 1.82) is 0 Å². The van der Waals surface area contributed by atoms with Crippen LogP contribution in [-0.2, 0) is 19.0 Å². The van der Waals surface area contributed by atoms with E-state index in [0.29, 0.717) is 0 Å². The Labute approximate surface area is 107 Å². The Morgan fingerprint density at radius 1 is 1.33 bits per heavy atom. The summed E-state index contributed by atoms with van der Waals surface area (Å²) in [6, 6.07) is 6.40. The lowest BCUT2D eigenvalue weighted by atomic mass is 10.2. The zero-order valence-electron chi connectivity index (χ0n) is 9.37. The fourth-order valence-corrected chi connectivity index (χ4v) is 2.66. The highest BCUT2D eigenvalue weighted by Gasteiger charge is 2.29. The zero-order valence-corrected chi connectivity index (χ0v) is 10.2. The SMILES string of the molecule is C.Cc1ccc(S(=O)(=O)OC2COC(O)C2)cc1. The van der Waals surface area contributed by atoms with Gasteiger partial charge >= 0.3 is 0 Å². The normalized spacial score (nSPS) is 23.7. The van der Waals surface area contributed by atoms with Crippen LogP contribution >= 0.6 is 0 Å². The predicted molar refractivity (Wildman–Crippen MR) is 66.5 cm³/mol. The van der Waals surface area contributed by atoms with Crippen LogP contribution in [0.5, 0.6) is 0 Å². The third-order valence-corrected chi connectivity index (χ3v) is 3.89. The lowest BCUT2D eigenvalue weighted by Gasteiger charge is -2.10. The van der Waals surface area contributed by atoms with E-state index < -0.39 is 22.5 Å². The van der Waals surface area contributed by atoms with Gasteiger partial charge in [0.15, 0.2) is 6.29 Å². The van der Waals surface area contributed by atoms with Crippen LogP contribution in [0.4, 0.5) is 0 Å². The molecule has 0 amide bonds. The second-order valence-electron chi connectivity index (χ2n) is 4.01. The van der Waals surface area contributed by atoms with E-state index in [0.717, 1.165) is 5.56 Å². The van der Waals surface area contributed by atoms with Crippen LogP contribution < -0.4 is 0 Å². The van der Waals surface area contributed by atoms with Crippen LogP contribution in [0.2, 0.25) is 0 Å². The summed E-state index contributed by atoms with van der Waals surface area (Å²) in [7, 11) is -3.77. The molecule has 1 aromatic carbocycles. The van der Waals surface area contributed by atoms with Crippen LogP contribution in [0.25, 0.3) is 0 Å². The van der Waals surface area contributed by atoms with Crippen molar-refractivity contribution in [2.24, 2.45) is 0 Å². The second kappa shape index (κ2) is 5.79. The first-order valence-corrected chi connectivity index (χ1v) is 6.68. The molecular formula is C12H18O5S. The van der Waals surface area contributed by atoms with Gasteiger partial charge < -0.3 is 9.84 Å². The van der Waals surface area contributed by atoms with Gasteiger partial charge in [0.05, 0.1) is 11.5 Å². The number of benzene rings is 1. The maximum absolute atomic E-state index is 11.8. The van der Waals surface area contributed by atoms with Gasteiger partial charge in [-0.05, 0) is 19.1 Å². The lowest BCUT2D eigenvalue weighted by molar-refractivity contribution is -0.0594. The van der Waals surface area contributed by atoms with Crippen LogP contribution in [0.15, 0.2) is 29.2 Å². The molecule has 2 atom stereocenters. The molecule has 5 nitrogen and oxygen atoms in total. The van der Waals surface area contributed by atoms with Gasteiger partial charge in [0.25, 0.3) is 10.1 Å². The van der Waals surface area contributed by atoms with Gasteiger partial charge in [-0.1, -0.05) is 25.1 Å². The van der Waals surface area contributed by atoms with Crippen LogP contribution in [0, 0.1) is 6.92 Å². The zero-order chi connectivity index (χ0) is 12.5. The molecule has 18 heavy (non-hydrogen) atoms. The average Bonchev–Trinajstić information content (AvgIpc) is 2.63. The molecule has 1 heterocycles. The number of hydrogen-bond donors (Lipinski definition) is 1. The molecule has 1 N–H and O–H groups in total. The summed E-state index contributed by atoms with van der Waals surface area (Å²) < 4.78 is 33.5. The summed E-state index contributed by atoms with van der Waals surface area (Å²) in [5, 5.41) is 9.11. The maximum Gasteiger partial charge on any atom is 0.297 e. The van der Waals surface area contributed by atoms with Crippen LogP contribution in [-0.4, -0.2) is 32.5 Å². The molecule has 6 heteroatoms. The van der Waals surface area contributed by atoms with Gasteiger partial charge in [-0.15, -0.1) is 0 Å². The molecule has 1 aliphatic rings. The summed E-state index contributed by atoms with van der Waals surface area (Å²) in [6.07, 6.45) is -1.38. The van der Waals surface area contributed by atoms with Gasteiger partial charge in [0.2, 0.25) is 0 Å². The van der Waals surface area contributed by atoms with E-state index in [9.17, 15) is 8.42 Å². The monoisotopic (exact) mass is 274 g/mol. The van der Waals surface area contributed by atoms with Crippen LogP contribution in [0.3, 0.4) is 0 Å². The van der Waals surface area contributed by atoms with E-state index in [2.05, 4.69) is 0 Å². The first-order valence-electron chi connectivity index (χ1n) is 5.27. The number of aliphatic hydroxyl groups excluding tert-OH is 1. The van der Waals surface area contributed by atoms with E-state index in [1.165, 1.54) is 12.1 Å².